The third-order valence-corrected chi connectivity index (χ3v) is 3.13. The van der Waals surface area contributed by atoms with Crippen molar-refractivity contribution in [3.05, 3.63) is 12.7 Å². The van der Waals surface area contributed by atoms with E-state index in [-0.39, 0.29) is 11.9 Å². The van der Waals surface area contributed by atoms with Crippen molar-refractivity contribution < 1.29 is 9.53 Å². The zero-order valence-corrected chi connectivity index (χ0v) is 11.1. The molecule has 0 radical (unpaired) electrons. The van der Waals surface area contributed by atoms with E-state index in [9.17, 15) is 4.79 Å². The van der Waals surface area contributed by atoms with Crippen molar-refractivity contribution in [1.29, 1.82) is 0 Å². The summed E-state index contributed by atoms with van der Waals surface area (Å²) in [6.07, 6.45) is 3.62. The first-order valence-electron chi connectivity index (χ1n) is 5.99. The number of hydrogen-bond donors (Lipinski definition) is 1. The largest absolute Gasteiger partial charge is 0.466 e. The summed E-state index contributed by atoms with van der Waals surface area (Å²) in [4.78, 5) is 13.7. The van der Waals surface area contributed by atoms with E-state index in [0.29, 0.717) is 24.8 Å². The second kappa shape index (κ2) is 7.27. The highest BCUT2D eigenvalue weighted by Crippen LogP contribution is 2.17. The highest BCUT2D eigenvalue weighted by Gasteiger charge is 2.27. The Hall–Kier alpha value is -1.10. The second-order valence-electron chi connectivity index (χ2n) is 4.01. The van der Waals surface area contributed by atoms with Gasteiger partial charge in [0.05, 0.1) is 12.5 Å². The number of carbonyl (C=O) groups is 1. The van der Waals surface area contributed by atoms with Gasteiger partial charge in [0.1, 0.15) is 0 Å². The van der Waals surface area contributed by atoms with Crippen molar-refractivity contribution in [2.24, 2.45) is 5.92 Å². The minimum absolute atomic E-state index is 0.0489. The lowest BCUT2D eigenvalue weighted by molar-refractivity contribution is -0.149. The SMILES string of the molecule is C=CCNC(=S)N1CCC[C@@H](C(=O)OCC)C1. The molecule has 1 fully saturated rings. The normalized spacial score (nSPS) is 19.6. The van der Waals surface area contributed by atoms with Crippen LogP contribution >= 0.6 is 12.2 Å². The van der Waals surface area contributed by atoms with Gasteiger partial charge < -0.3 is 15.0 Å². The molecular formula is C12H20N2O2S. The number of rotatable bonds is 4. The van der Waals surface area contributed by atoms with Crippen molar-refractivity contribution >= 4 is 23.3 Å². The number of nitrogens with one attached hydrogen (secondary N) is 1. The van der Waals surface area contributed by atoms with Crippen LogP contribution in [0.2, 0.25) is 0 Å². The third kappa shape index (κ3) is 4.34. The summed E-state index contributed by atoms with van der Waals surface area (Å²) in [5.74, 6) is -0.157. The third-order valence-electron chi connectivity index (χ3n) is 2.73. The molecule has 0 aromatic rings. The van der Waals surface area contributed by atoms with E-state index in [4.69, 9.17) is 17.0 Å². The minimum Gasteiger partial charge on any atom is -0.466 e. The molecule has 0 aromatic heterocycles. The molecule has 1 aliphatic heterocycles. The first-order chi connectivity index (χ1) is 8.19. The van der Waals surface area contributed by atoms with E-state index in [1.54, 1.807) is 6.08 Å². The number of piperidine rings is 1. The van der Waals surface area contributed by atoms with Gasteiger partial charge in [0.2, 0.25) is 0 Å². The number of hydrogen-bond acceptors (Lipinski definition) is 3. The molecule has 0 aromatic carbocycles. The van der Waals surface area contributed by atoms with Crippen molar-refractivity contribution in [3.63, 3.8) is 0 Å². The summed E-state index contributed by atoms with van der Waals surface area (Å²) in [6.45, 7) is 8.11. The van der Waals surface area contributed by atoms with E-state index in [0.717, 1.165) is 19.4 Å². The molecule has 96 valence electrons. The quantitative estimate of drug-likeness (QED) is 0.467. The fourth-order valence-corrected chi connectivity index (χ4v) is 2.13. The highest BCUT2D eigenvalue weighted by molar-refractivity contribution is 7.80. The molecule has 0 unspecified atom stereocenters. The van der Waals surface area contributed by atoms with Gasteiger partial charge in [-0.2, -0.15) is 0 Å². The lowest BCUT2D eigenvalue weighted by Gasteiger charge is -2.33. The number of likely N-dealkylation sites (tertiary alicyclic amines) is 1. The minimum atomic E-state index is -0.108. The number of ether oxygens (including phenoxy) is 1. The Morgan fingerprint density at radius 3 is 3.12 bits per heavy atom. The number of esters is 1. The van der Waals surface area contributed by atoms with Gasteiger partial charge in [0, 0.05) is 19.6 Å². The maximum absolute atomic E-state index is 11.7. The molecule has 4 nitrogen and oxygen atoms in total. The monoisotopic (exact) mass is 256 g/mol. The Morgan fingerprint density at radius 1 is 1.71 bits per heavy atom. The van der Waals surface area contributed by atoms with Crippen LogP contribution in [-0.4, -0.2) is 42.2 Å². The number of thiocarbonyl (C=S) groups is 1. The van der Waals surface area contributed by atoms with Crippen LogP contribution in [0.25, 0.3) is 0 Å². The molecule has 1 aliphatic rings. The lowest BCUT2D eigenvalue weighted by atomic mass is 9.98. The van der Waals surface area contributed by atoms with Gasteiger partial charge >= 0.3 is 5.97 Å². The summed E-state index contributed by atoms with van der Waals surface area (Å²) in [5, 5.41) is 3.77. The molecular weight excluding hydrogens is 236 g/mol. The van der Waals surface area contributed by atoms with Crippen LogP contribution in [0.15, 0.2) is 12.7 Å². The molecule has 0 bridgehead atoms. The van der Waals surface area contributed by atoms with Crippen LogP contribution in [0, 0.1) is 5.92 Å². The van der Waals surface area contributed by atoms with Gasteiger partial charge in [-0.25, -0.2) is 0 Å². The van der Waals surface area contributed by atoms with E-state index < -0.39 is 0 Å². The first kappa shape index (κ1) is 14.0. The van der Waals surface area contributed by atoms with Crippen LogP contribution in [0.5, 0.6) is 0 Å². The van der Waals surface area contributed by atoms with Crippen molar-refractivity contribution in [1.82, 2.24) is 10.2 Å². The Labute approximate surface area is 108 Å². The summed E-state index contributed by atoms with van der Waals surface area (Å²) in [6, 6.07) is 0. The molecule has 1 rings (SSSR count). The Morgan fingerprint density at radius 2 is 2.47 bits per heavy atom. The average Bonchev–Trinajstić information content (AvgIpc) is 2.36. The van der Waals surface area contributed by atoms with E-state index >= 15 is 0 Å². The molecule has 1 heterocycles. The molecule has 0 spiro atoms. The van der Waals surface area contributed by atoms with Crippen LogP contribution < -0.4 is 5.32 Å². The van der Waals surface area contributed by atoms with Crippen molar-refractivity contribution in [2.75, 3.05) is 26.2 Å². The average molecular weight is 256 g/mol. The Kier molecular flexibility index (Phi) is 5.97. The van der Waals surface area contributed by atoms with Gasteiger partial charge in [0.25, 0.3) is 0 Å². The van der Waals surface area contributed by atoms with Crippen LogP contribution in [-0.2, 0) is 9.53 Å². The molecule has 1 N–H and O–H groups in total. The van der Waals surface area contributed by atoms with Crippen molar-refractivity contribution in [3.8, 4) is 0 Å². The fraction of sp³-hybridized carbons (Fsp3) is 0.667. The molecule has 17 heavy (non-hydrogen) atoms. The summed E-state index contributed by atoms with van der Waals surface area (Å²) >= 11 is 5.26. The van der Waals surface area contributed by atoms with E-state index in [2.05, 4.69) is 11.9 Å². The topological polar surface area (TPSA) is 41.6 Å². The Bertz CT molecular complexity index is 294. The first-order valence-corrected chi connectivity index (χ1v) is 6.40. The van der Waals surface area contributed by atoms with Gasteiger partial charge in [0.15, 0.2) is 5.11 Å². The molecule has 1 atom stereocenters. The summed E-state index contributed by atoms with van der Waals surface area (Å²) < 4.78 is 5.05. The fourth-order valence-electron chi connectivity index (χ4n) is 1.89. The summed E-state index contributed by atoms with van der Waals surface area (Å²) in [5.41, 5.74) is 0. The zero-order chi connectivity index (χ0) is 12.7. The molecule has 0 aliphatic carbocycles. The van der Waals surface area contributed by atoms with Gasteiger partial charge in [-0.1, -0.05) is 6.08 Å². The second-order valence-corrected chi connectivity index (χ2v) is 4.40. The molecule has 1 saturated heterocycles. The Balaban J connectivity index is 2.45. The van der Waals surface area contributed by atoms with Crippen molar-refractivity contribution in [2.45, 2.75) is 19.8 Å². The predicted octanol–water partition coefficient (Wildman–Crippen LogP) is 1.32. The number of nitrogens with zero attached hydrogens (tertiary/aromatic N) is 1. The standard InChI is InChI=1S/C12H20N2O2S/c1-3-7-13-12(17)14-8-5-6-10(9-14)11(15)16-4-2/h3,10H,1,4-9H2,2H3,(H,13,17)/t10-/m1/s1. The maximum atomic E-state index is 11.7. The van der Waals surface area contributed by atoms with E-state index in [1.165, 1.54) is 0 Å². The maximum Gasteiger partial charge on any atom is 0.310 e. The molecule has 0 saturated carbocycles. The molecule has 0 amide bonds. The number of carbonyl (C=O) groups excluding carboxylic acids is 1. The van der Waals surface area contributed by atoms with Crippen LogP contribution in [0.4, 0.5) is 0 Å². The smallest absolute Gasteiger partial charge is 0.310 e. The van der Waals surface area contributed by atoms with Crippen LogP contribution in [0.1, 0.15) is 19.8 Å². The van der Waals surface area contributed by atoms with Gasteiger partial charge in [-0.05, 0) is 32.0 Å². The zero-order valence-electron chi connectivity index (χ0n) is 10.3. The van der Waals surface area contributed by atoms with Gasteiger partial charge in [-0.15, -0.1) is 6.58 Å². The summed E-state index contributed by atoms with van der Waals surface area (Å²) in [7, 11) is 0. The highest BCUT2D eigenvalue weighted by atomic mass is 32.1. The van der Waals surface area contributed by atoms with Gasteiger partial charge in [-0.3, -0.25) is 4.79 Å². The lowest BCUT2D eigenvalue weighted by Crippen LogP contribution is -2.47. The van der Waals surface area contributed by atoms with E-state index in [1.807, 2.05) is 11.8 Å². The predicted molar refractivity (Wildman–Crippen MR) is 71.7 cm³/mol. The molecule has 5 heteroatoms. The van der Waals surface area contributed by atoms with Crippen LogP contribution in [0.3, 0.4) is 0 Å².